The molecule has 0 spiro atoms. The maximum atomic E-state index is 12.5. The van der Waals surface area contributed by atoms with Crippen molar-refractivity contribution < 1.29 is 4.79 Å². The van der Waals surface area contributed by atoms with E-state index in [9.17, 15) is 4.79 Å². The fraction of sp³-hybridized carbons (Fsp3) is 0.208. The number of benzene rings is 2. The average molecular weight is 432 g/mol. The van der Waals surface area contributed by atoms with E-state index in [2.05, 4.69) is 47.3 Å². The van der Waals surface area contributed by atoms with Gasteiger partial charge in [0.25, 0.3) is 0 Å². The highest BCUT2D eigenvalue weighted by atomic mass is 32.2. The van der Waals surface area contributed by atoms with Crippen LogP contribution in [0.5, 0.6) is 0 Å². The highest BCUT2D eigenvalue weighted by Gasteiger charge is 2.13. The molecule has 2 aromatic heterocycles. The normalized spacial score (nSPS) is 12.0. The van der Waals surface area contributed by atoms with Crippen molar-refractivity contribution in [2.45, 2.75) is 32.0 Å². The molecule has 4 rings (SSSR count). The lowest BCUT2D eigenvalue weighted by Gasteiger charge is -2.15. The number of nitrogens with zero attached hydrogens (tertiary/aromatic N) is 4. The van der Waals surface area contributed by atoms with Gasteiger partial charge < -0.3 is 9.88 Å². The fourth-order valence-electron chi connectivity index (χ4n) is 3.31. The fourth-order valence-corrected chi connectivity index (χ4v) is 4.10. The summed E-state index contributed by atoms with van der Waals surface area (Å²) in [4.78, 5) is 21.0. The minimum Gasteiger partial charge on any atom is -0.349 e. The molecule has 0 radical (unpaired) electrons. The van der Waals surface area contributed by atoms with Crippen LogP contribution in [0.3, 0.4) is 0 Å². The number of hydrogen-bond acceptors (Lipinski definition) is 4. The van der Waals surface area contributed by atoms with Crippen LogP contribution in [0.4, 0.5) is 0 Å². The number of carbonyl (C=O) groups excluding carboxylic acids is 1. The van der Waals surface area contributed by atoms with Crippen LogP contribution in [0.2, 0.25) is 0 Å². The maximum Gasteiger partial charge on any atom is 0.230 e. The molecule has 0 saturated carbocycles. The first-order chi connectivity index (χ1) is 15.0. The molecule has 6 nitrogen and oxygen atoms in total. The number of amides is 1. The molecule has 0 bridgehead atoms. The Balaban J connectivity index is 1.35. The highest BCUT2D eigenvalue weighted by Crippen LogP contribution is 2.22. The molecule has 4 aromatic rings. The highest BCUT2D eigenvalue weighted by molar-refractivity contribution is 7.99. The molecule has 1 atom stereocenters. The second-order valence-electron chi connectivity index (χ2n) is 7.49. The molecule has 0 aliphatic heterocycles. The number of rotatable bonds is 7. The van der Waals surface area contributed by atoms with Crippen LogP contribution in [0.1, 0.15) is 29.7 Å². The van der Waals surface area contributed by atoms with E-state index in [1.165, 1.54) is 22.9 Å². The smallest absolute Gasteiger partial charge is 0.230 e. The third kappa shape index (κ3) is 4.88. The lowest BCUT2D eigenvalue weighted by molar-refractivity contribution is -0.119. The molecule has 1 amide bonds. The summed E-state index contributed by atoms with van der Waals surface area (Å²) in [7, 11) is 0. The van der Waals surface area contributed by atoms with Gasteiger partial charge in [0.1, 0.15) is 0 Å². The van der Waals surface area contributed by atoms with E-state index in [0.717, 1.165) is 22.1 Å². The van der Waals surface area contributed by atoms with Crippen molar-refractivity contribution in [2.75, 3.05) is 5.75 Å². The van der Waals surface area contributed by atoms with Gasteiger partial charge in [-0.3, -0.25) is 9.36 Å². The zero-order valence-corrected chi connectivity index (χ0v) is 18.6. The van der Waals surface area contributed by atoms with Gasteiger partial charge in [-0.1, -0.05) is 30.0 Å². The Morgan fingerprint density at radius 3 is 2.52 bits per heavy atom. The molecule has 0 fully saturated rings. The monoisotopic (exact) mass is 431 g/mol. The predicted molar refractivity (Wildman–Crippen MR) is 124 cm³/mol. The van der Waals surface area contributed by atoms with Gasteiger partial charge in [-0.2, -0.15) is 0 Å². The van der Waals surface area contributed by atoms with Crippen molar-refractivity contribution in [3.63, 3.8) is 0 Å². The number of aromatic nitrogens is 4. The summed E-state index contributed by atoms with van der Waals surface area (Å²) in [6.45, 7) is 6.18. The Morgan fingerprint density at radius 2 is 1.81 bits per heavy atom. The molecule has 31 heavy (non-hydrogen) atoms. The maximum absolute atomic E-state index is 12.5. The van der Waals surface area contributed by atoms with Crippen molar-refractivity contribution in [1.82, 2.24) is 24.4 Å². The lowest BCUT2D eigenvalue weighted by Crippen LogP contribution is -2.28. The number of aryl methyl sites for hydroxylation is 2. The standard InChI is InChI=1S/C24H25N5OS/c1-17-4-7-22(14-18(17)2)29-13-11-26-24(29)31-15-23(30)27-19(3)20-5-8-21(9-6-20)28-12-10-25-16-28/h4-14,16,19H,15H2,1-3H3,(H,27,30)/t19-/m0/s1. The molecule has 1 N–H and O–H groups in total. The molecule has 0 saturated heterocycles. The van der Waals surface area contributed by atoms with E-state index in [1.807, 2.05) is 52.7 Å². The molecule has 0 aliphatic carbocycles. The van der Waals surface area contributed by atoms with Crippen LogP contribution in [-0.2, 0) is 4.79 Å². The number of carbonyl (C=O) groups is 1. The van der Waals surface area contributed by atoms with E-state index in [-0.39, 0.29) is 11.9 Å². The number of hydrogen-bond donors (Lipinski definition) is 1. The third-order valence-corrected chi connectivity index (χ3v) is 6.25. The van der Waals surface area contributed by atoms with E-state index in [4.69, 9.17) is 0 Å². The molecule has 7 heteroatoms. The van der Waals surface area contributed by atoms with Gasteiger partial charge >= 0.3 is 0 Å². The first kappa shape index (κ1) is 20.9. The van der Waals surface area contributed by atoms with Crippen LogP contribution in [0.15, 0.2) is 78.7 Å². The Bertz CT molecular complexity index is 1170. The first-order valence-electron chi connectivity index (χ1n) is 10.1. The zero-order chi connectivity index (χ0) is 21.8. The number of imidazole rings is 2. The minimum atomic E-state index is -0.0792. The predicted octanol–water partition coefficient (Wildman–Crippen LogP) is 4.64. The summed E-state index contributed by atoms with van der Waals surface area (Å²) in [6, 6.07) is 14.3. The van der Waals surface area contributed by atoms with Crippen LogP contribution in [0.25, 0.3) is 11.4 Å². The lowest BCUT2D eigenvalue weighted by atomic mass is 10.1. The van der Waals surface area contributed by atoms with Gasteiger partial charge in [0.05, 0.1) is 18.1 Å². The molecule has 158 valence electrons. The molecular weight excluding hydrogens is 406 g/mol. The van der Waals surface area contributed by atoms with Crippen LogP contribution < -0.4 is 5.32 Å². The minimum absolute atomic E-state index is 0.0224. The van der Waals surface area contributed by atoms with E-state index in [1.54, 1.807) is 18.7 Å². The van der Waals surface area contributed by atoms with Crippen LogP contribution >= 0.6 is 11.8 Å². The van der Waals surface area contributed by atoms with Crippen molar-refractivity contribution in [3.05, 3.63) is 90.3 Å². The molecule has 0 aliphatic rings. The van der Waals surface area contributed by atoms with E-state index >= 15 is 0 Å². The van der Waals surface area contributed by atoms with Gasteiger partial charge in [-0.15, -0.1) is 0 Å². The van der Waals surface area contributed by atoms with Crippen LogP contribution in [0, 0.1) is 13.8 Å². The largest absolute Gasteiger partial charge is 0.349 e. The summed E-state index contributed by atoms with van der Waals surface area (Å²) in [5.74, 6) is 0.282. The first-order valence-corrected chi connectivity index (χ1v) is 11.1. The zero-order valence-electron chi connectivity index (χ0n) is 17.8. The second-order valence-corrected chi connectivity index (χ2v) is 8.43. The SMILES string of the molecule is Cc1ccc(-n2ccnc2SCC(=O)N[C@@H](C)c2ccc(-n3ccnc3)cc2)cc1C. The Kier molecular flexibility index (Phi) is 6.23. The van der Waals surface area contributed by atoms with Gasteiger partial charge in [-0.05, 0) is 61.7 Å². The molecular formula is C24H25N5OS. The Morgan fingerprint density at radius 1 is 1.03 bits per heavy atom. The average Bonchev–Trinajstić information content (AvgIpc) is 3.46. The molecule has 2 aromatic carbocycles. The Labute approximate surface area is 186 Å². The second kappa shape index (κ2) is 9.22. The van der Waals surface area contributed by atoms with Crippen LogP contribution in [-0.4, -0.2) is 30.8 Å². The molecule has 0 unspecified atom stereocenters. The van der Waals surface area contributed by atoms with Gasteiger partial charge in [0, 0.05) is 36.2 Å². The van der Waals surface area contributed by atoms with Gasteiger partial charge in [0.15, 0.2) is 5.16 Å². The van der Waals surface area contributed by atoms with Crippen molar-refractivity contribution in [1.29, 1.82) is 0 Å². The number of thioether (sulfide) groups is 1. The summed E-state index contributed by atoms with van der Waals surface area (Å²) in [5, 5.41) is 3.87. The quantitative estimate of drug-likeness (QED) is 0.433. The van der Waals surface area contributed by atoms with Crippen molar-refractivity contribution >= 4 is 17.7 Å². The summed E-state index contributed by atoms with van der Waals surface area (Å²) < 4.78 is 3.96. The molecule has 2 heterocycles. The van der Waals surface area contributed by atoms with Gasteiger partial charge in [0.2, 0.25) is 5.91 Å². The Hall–Kier alpha value is -3.32. The van der Waals surface area contributed by atoms with E-state index in [0.29, 0.717) is 5.75 Å². The van der Waals surface area contributed by atoms with E-state index < -0.39 is 0 Å². The van der Waals surface area contributed by atoms with Crippen molar-refractivity contribution in [3.8, 4) is 11.4 Å². The van der Waals surface area contributed by atoms with Crippen molar-refractivity contribution in [2.24, 2.45) is 0 Å². The number of nitrogens with one attached hydrogen (secondary N) is 1. The topological polar surface area (TPSA) is 64.7 Å². The third-order valence-electron chi connectivity index (χ3n) is 5.28. The summed E-state index contributed by atoms with van der Waals surface area (Å²) in [6.07, 6.45) is 9.10. The van der Waals surface area contributed by atoms with Gasteiger partial charge in [-0.25, -0.2) is 9.97 Å². The summed E-state index contributed by atoms with van der Waals surface area (Å²) >= 11 is 1.43. The summed E-state index contributed by atoms with van der Waals surface area (Å²) in [5.41, 5.74) is 5.62.